The first-order chi connectivity index (χ1) is 19.5. The SMILES string of the molecule is Cc1ncn(C(c2ccccc2)(c2ccccc2)c2ccccc2)c1C(O)c1ccc(N(C)C)c2ccccc12. The molecule has 1 aromatic heterocycles. The van der Waals surface area contributed by atoms with Crippen LogP contribution in [-0.4, -0.2) is 28.8 Å². The molecular weight excluding hydrogens is 490 g/mol. The number of aromatic nitrogens is 2. The zero-order valence-corrected chi connectivity index (χ0v) is 23.1. The minimum Gasteiger partial charge on any atom is -0.382 e. The first-order valence-electron chi connectivity index (χ1n) is 13.6. The van der Waals surface area contributed by atoms with Crippen molar-refractivity contribution in [1.29, 1.82) is 0 Å². The third kappa shape index (κ3) is 4.09. The summed E-state index contributed by atoms with van der Waals surface area (Å²) < 4.78 is 2.18. The highest BCUT2D eigenvalue weighted by molar-refractivity contribution is 5.96. The molecule has 1 heterocycles. The van der Waals surface area contributed by atoms with Crippen molar-refractivity contribution in [3.8, 4) is 0 Å². The molecule has 0 fully saturated rings. The fourth-order valence-electron chi connectivity index (χ4n) is 6.08. The van der Waals surface area contributed by atoms with Crippen LogP contribution in [0.15, 0.2) is 134 Å². The predicted octanol–water partition coefficient (Wildman–Crippen LogP) is 7.33. The number of hydrogen-bond acceptors (Lipinski definition) is 3. The smallest absolute Gasteiger partial charge is 0.122 e. The Morgan fingerprint density at radius 1 is 0.650 bits per heavy atom. The quantitative estimate of drug-likeness (QED) is 0.223. The van der Waals surface area contributed by atoms with Crippen molar-refractivity contribution >= 4 is 16.5 Å². The molecule has 5 aromatic carbocycles. The number of aliphatic hydroxyl groups is 1. The fourth-order valence-corrected chi connectivity index (χ4v) is 6.08. The van der Waals surface area contributed by atoms with Gasteiger partial charge in [-0.3, -0.25) is 0 Å². The second-order valence-corrected chi connectivity index (χ2v) is 10.4. The van der Waals surface area contributed by atoms with E-state index in [-0.39, 0.29) is 0 Å². The Morgan fingerprint density at radius 2 is 1.12 bits per heavy atom. The number of rotatable bonds is 7. The largest absolute Gasteiger partial charge is 0.382 e. The number of benzene rings is 5. The molecule has 1 unspecified atom stereocenters. The first-order valence-corrected chi connectivity index (χ1v) is 13.6. The van der Waals surface area contributed by atoms with Gasteiger partial charge in [0.1, 0.15) is 11.6 Å². The zero-order valence-electron chi connectivity index (χ0n) is 23.1. The zero-order chi connectivity index (χ0) is 27.7. The molecule has 0 aliphatic carbocycles. The summed E-state index contributed by atoms with van der Waals surface area (Å²) in [7, 11) is 4.09. The molecule has 0 amide bonds. The Bertz CT molecular complexity index is 1640. The van der Waals surface area contributed by atoms with Crippen LogP contribution >= 0.6 is 0 Å². The van der Waals surface area contributed by atoms with E-state index in [9.17, 15) is 5.11 Å². The third-order valence-electron chi connectivity index (χ3n) is 7.90. The highest BCUT2D eigenvalue weighted by Gasteiger charge is 2.41. The molecule has 4 heteroatoms. The summed E-state index contributed by atoms with van der Waals surface area (Å²) in [4.78, 5) is 6.94. The molecule has 0 bridgehead atoms. The van der Waals surface area contributed by atoms with Crippen LogP contribution < -0.4 is 4.90 Å². The molecule has 6 aromatic rings. The van der Waals surface area contributed by atoms with Gasteiger partial charge < -0.3 is 14.6 Å². The average Bonchev–Trinajstić information content (AvgIpc) is 3.39. The molecule has 0 spiro atoms. The van der Waals surface area contributed by atoms with E-state index in [0.717, 1.165) is 50.1 Å². The van der Waals surface area contributed by atoms with Gasteiger partial charge in [0.2, 0.25) is 0 Å². The molecular formula is C36H33N3O. The summed E-state index contributed by atoms with van der Waals surface area (Å²) in [6.45, 7) is 1.98. The van der Waals surface area contributed by atoms with E-state index >= 15 is 0 Å². The summed E-state index contributed by atoms with van der Waals surface area (Å²) in [5.74, 6) is 0. The lowest BCUT2D eigenvalue weighted by atomic mass is 9.76. The monoisotopic (exact) mass is 523 g/mol. The number of fused-ring (bicyclic) bond motifs is 1. The van der Waals surface area contributed by atoms with E-state index in [0.29, 0.717) is 0 Å². The molecule has 6 rings (SSSR count). The molecule has 0 saturated carbocycles. The number of hydrogen-bond donors (Lipinski definition) is 1. The van der Waals surface area contributed by atoms with Crippen molar-refractivity contribution in [2.24, 2.45) is 0 Å². The average molecular weight is 524 g/mol. The third-order valence-corrected chi connectivity index (χ3v) is 7.90. The van der Waals surface area contributed by atoms with Crippen LogP contribution in [0.5, 0.6) is 0 Å². The van der Waals surface area contributed by atoms with Gasteiger partial charge in [0.15, 0.2) is 0 Å². The standard InChI is InChI=1S/C36H33N3O/c1-26-34(35(40)32-23-24-33(38(2)3)31-22-14-13-21-30(31)32)39(25-37-26)36(27-15-7-4-8-16-27,28-17-9-5-10-18-28)29-19-11-6-12-20-29/h4-25,35,40H,1-3H3. The predicted molar refractivity (Wildman–Crippen MR) is 164 cm³/mol. The molecule has 0 aliphatic heterocycles. The lowest BCUT2D eigenvalue weighted by Crippen LogP contribution is -2.39. The summed E-state index contributed by atoms with van der Waals surface area (Å²) in [5.41, 5.74) is 6.03. The Kier molecular flexibility index (Phi) is 6.71. The molecule has 0 saturated heterocycles. The minimum atomic E-state index is -0.904. The molecule has 198 valence electrons. The van der Waals surface area contributed by atoms with Gasteiger partial charge in [-0.25, -0.2) is 4.98 Å². The second kappa shape index (κ2) is 10.5. The van der Waals surface area contributed by atoms with Crippen molar-refractivity contribution < 1.29 is 5.11 Å². The van der Waals surface area contributed by atoms with Gasteiger partial charge in [-0.2, -0.15) is 0 Å². The number of nitrogens with zero attached hydrogens (tertiary/aromatic N) is 3. The lowest BCUT2D eigenvalue weighted by Gasteiger charge is -2.39. The number of aliphatic hydroxyl groups excluding tert-OH is 1. The van der Waals surface area contributed by atoms with E-state index in [1.54, 1.807) is 0 Å². The summed E-state index contributed by atoms with van der Waals surface area (Å²) in [6, 6.07) is 43.9. The van der Waals surface area contributed by atoms with E-state index < -0.39 is 11.6 Å². The van der Waals surface area contributed by atoms with Crippen molar-refractivity contribution in [1.82, 2.24) is 9.55 Å². The van der Waals surface area contributed by atoms with E-state index in [1.165, 1.54) is 0 Å². The maximum absolute atomic E-state index is 12.3. The minimum absolute atomic E-state index is 0.763. The Labute approximate surface area is 235 Å². The summed E-state index contributed by atoms with van der Waals surface area (Å²) >= 11 is 0. The number of imidazole rings is 1. The van der Waals surface area contributed by atoms with Gasteiger partial charge in [-0.15, -0.1) is 0 Å². The summed E-state index contributed by atoms with van der Waals surface area (Å²) in [5, 5.41) is 14.4. The van der Waals surface area contributed by atoms with Gasteiger partial charge in [0, 0.05) is 25.2 Å². The van der Waals surface area contributed by atoms with Crippen LogP contribution in [0, 0.1) is 6.92 Å². The topological polar surface area (TPSA) is 41.3 Å². The fraction of sp³-hybridized carbons (Fsp3) is 0.139. The van der Waals surface area contributed by atoms with Gasteiger partial charge in [-0.1, -0.05) is 121 Å². The van der Waals surface area contributed by atoms with Gasteiger partial charge >= 0.3 is 0 Å². The van der Waals surface area contributed by atoms with Gasteiger partial charge in [0.25, 0.3) is 0 Å². The number of aryl methyl sites for hydroxylation is 1. The second-order valence-electron chi connectivity index (χ2n) is 10.4. The van der Waals surface area contributed by atoms with Crippen LogP contribution in [0.4, 0.5) is 5.69 Å². The number of anilines is 1. The maximum Gasteiger partial charge on any atom is 0.122 e. The maximum atomic E-state index is 12.3. The molecule has 0 radical (unpaired) electrons. The van der Waals surface area contributed by atoms with Crippen LogP contribution in [0.1, 0.15) is 39.7 Å². The van der Waals surface area contributed by atoms with E-state index in [2.05, 4.69) is 100 Å². The Morgan fingerprint density at radius 3 is 1.62 bits per heavy atom. The molecule has 0 aliphatic rings. The van der Waals surface area contributed by atoms with Crippen molar-refractivity contribution in [2.45, 2.75) is 18.6 Å². The van der Waals surface area contributed by atoms with Crippen LogP contribution in [0.3, 0.4) is 0 Å². The normalized spacial score (nSPS) is 12.4. The molecule has 40 heavy (non-hydrogen) atoms. The van der Waals surface area contributed by atoms with E-state index in [1.807, 2.05) is 63.7 Å². The molecule has 4 nitrogen and oxygen atoms in total. The van der Waals surface area contributed by atoms with Crippen LogP contribution in [0.25, 0.3) is 10.8 Å². The van der Waals surface area contributed by atoms with Gasteiger partial charge in [0.05, 0.1) is 17.7 Å². The Hall–Kier alpha value is -4.67. The van der Waals surface area contributed by atoms with Crippen LogP contribution in [0.2, 0.25) is 0 Å². The molecule has 1 N–H and O–H groups in total. The van der Waals surface area contributed by atoms with E-state index in [4.69, 9.17) is 4.98 Å². The highest BCUT2D eigenvalue weighted by Crippen LogP contribution is 2.44. The van der Waals surface area contributed by atoms with Crippen molar-refractivity contribution in [2.75, 3.05) is 19.0 Å². The summed E-state index contributed by atoms with van der Waals surface area (Å²) in [6.07, 6.45) is 0.983. The van der Waals surface area contributed by atoms with Gasteiger partial charge in [-0.05, 0) is 40.6 Å². The first kappa shape index (κ1) is 25.6. The lowest BCUT2D eigenvalue weighted by molar-refractivity contribution is 0.206. The highest BCUT2D eigenvalue weighted by atomic mass is 16.3. The van der Waals surface area contributed by atoms with Crippen LogP contribution in [-0.2, 0) is 5.54 Å². The Balaban J connectivity index is 1.67. The van der Waals surface area contributed by atoms with Crippen molar-refractivity contribution in [3.05, 3.63) is 167 Å². The molecule has 1 atom stereocenters. The van der Waals surface area contributed by atoms with Crippen molar-refractivity contribution in [3.63, 3.8) is 0 Å².